The van der Waals surface area contributed by atoms with Gasteiger partial charge in [0.05, 0.1) is 5.75 Å². The monoisotopic (exact) mass is 246 g/mol. The third-order valence-electron chi connectivity index (χ3n) is 3.01. The summed E-state index contributed by atoms with van der Waals surface area (Å²) in [5.41, 5.74) is 2.30. The highest BCUT2D eigenvalue weighted by Gasteiger charge is 2.12. The van der Waals surface area contributed by atoms with Crippen molar-refractivity contribution in [2.45, 2.75) is 37.5 Å². The van der Waals surface area contributed by atoms with Gasteiger partial charge in [0.15, 0.2) is 5.78 Å². The Bertz CT molecular complexity index is 434. The fourth-order valence-corrected chi connectivity index (χ4v) is 2.97. The predicted molar refractivity (Wildman–Crippen MR) is 73.5 cm³/mol. The number of allylic oxidation sites excluding steroid dienone is 2. The second-order valence-electron chi connectivity index (χ2n) is 4.50. The molecule has 2 rings (SSSR count). The maximum Gasteiger partial charge on any atom is 0.168 e. The number of thioether (sulfide) groups is 1. The lowest BCUT2D eigenvalue weighted by Gasteiger charge is -2.11. The van der Waals surface area contributed by atoms with Gasteiger partial charge in [0.2, 0.25) is 0 Å². The summed E-state index contributed by atoms with van der Waals surface area (Å²) in [5, 5.41) is 0. The van der Waals surface area contributed by atoms with Crippen molar-refractivity contribution in [2.24, 2.45) is 0 Å². The van der Waals surface area contributed by atoms with Gasteiger partial charge in [-0.15, -0.1) is 11.8 Å². The molecule has 1 aromatic carbocycles. The van der Waals surface area contributed by atoms with Crippen molar-refractivity contribution >= 4 is 17.5 Å². The van der Waals surface area contributed by atoms with E-state index in [1.165, 1.54) is 23.3 Å². The van der Waals surface area contributed by atoms with Crippen molar-refractivity contribution in [1.82, 2.24) is 0 Å². The summed E-state index contributed by atoms with van der Waals surface area (Å²) >= 11 is 1.65. The van der Waals surface area contributed by atoms with Gasteiger partial charge < -0.3 is 0 Å². The van der Waals surface area contributed by atoms with Crippen molar-refractivity contribution in [1.29, 1.82) is 0 Å². The van der Waals surface area contributed by atoms with E-state index in [4.69, 9.17) is 0 Å². The zero-order chi connectivity index (χ0) is 12.1. The third-order valence-corrected chi connectivity index (χ3v) is 4.00. The van der Waals surface area contributed by atoms with Gasteiger partial charge in [-0.1, -0.05) is 23.8 Å². The van der Waals surface area contributed by atoms with Gasteiger partial charge in [-0.25, -0.2) is 0 Å². The fraction of sp³-hybridized carbons (Fsp3) is 0.400. The molecular formula is C15H18OS. The first kappa shape index (κ1) is 12.4. The summed E-state index contributed by atoms with van der Waals surface area (Å²) in [6.07, 6.45) is 6.60. The van der Waals surface area contributed by atoms with E-state index in [-0.39, 0.29) is 0 Å². The summed E-state index contributed by atoms with van der Waals surface area (Å²) in [7, 11) is 0. The van der Waals surface area contributed by atoms with E-state index in [9.17, 15) is 4.79 Å². The predicted octanol–water partition coefficient (Wildman–Crippen LogP) is 4.16. The van der Waals surface area contributed by atoms with E-state index in [0.717, 1.165) is 18.4 Å². The van der Waals surface area contributed by atoms with Crippen LogP contribution < -0.4 is 0 Å². The van der Waals surface area contributed by atoms with Crippen molar-refractivity contribution in [3.8, 4) is 0 Å². The van der Waals surface area contributed by atoms with Gasteiger partial charge >= 0.3 is 0 Å². The van der Waals surface area contributed by atoms with E-state index in [2.05, 4.69) is 31.2 Å². The van der Waals surface area contributed by atoms with E-state index >= 15 is 0 Å². The van der Waals surface area contributed by atoms with Crippen molar-refractivity contribution in [3.05, 3.63) is 41.5 Å². The van der Waals surface area contributed by atoms with Crippen LogP contribution in [0.4, 0.5) is 0 Å². The Morgan fingerprint density at radius 1 is 1.35 bits per heavy atom. The van der Waals surface area contributed by atoms with Crippen LogP contribution in [0.15, 0.2) is 40.8 Å². The van der Waals surface area contributed by atoms with E-state index in [0.29, 0.717) is 11.5 Å². The summed E-state index contributed by atoms with van der Waals surface area (Å²) in [6.45, 7) is 2.08. The molecule has 0 radical (unpaired) electrons. The quantitative estimate of drug-likeness (QED) is 0.742. The van der Waals surface area contributed by atoms with Gasteiger partial charge in [-0.05, 0) is 50.3 Å². The Hall–Kier alpha value is -1.02. The molecular weight excluding hydrogens is 228 g/mol. The van der Waals surface area contributed by atoms with Gasteiger partial charge in [0.25, 0.3) is 0 Å². The summed E-state index contributed by atoms with van der Waals surface area (Å²) < 4.78 is 0. The molecule has 1 aromatic rings. The molecule has 0 amide bonds. The highest BCUT2D eigenvalue weighted by Crippen LogP contribution is 2.23. The number of aryl methyl sites for hydroxylation is 1. The van der Waals surface area contributed by atoms with Gasteiger partial charge in [-0.2, -0.15) is 0 Å². The molecule has 1 aliphatic rings. The number of Topliss-reactive ketones (excluding diaryl/α,β-unsaturated/α-hetero) is 1. The van der Waals surface area contributed by atoms with Crippen LogP contribution in [-0.2, 0) is 4.79 Å². The molecule has 0 aromatic heterocycles. The topological polar surface area (TPSA) is 17.1 Å². The number of benzene rings is 1. The molecule has 90 valence electrons. The second-order valence-corrected chi connectivity index (χ2v) is 5.55. The van der Waals surface area contributed by atoms with Gasteiger partial charge in [0.1, 0.15) is 0 Å². The number of ketones is 1. The van der Waals surface area contributed by atoms with Crippen LogP contribution in [0.5, 0.6) is 0 Å². The lowest BCUT2D eigenvalue weighted by molar-refractivity contribution is -0.113. The Morgan fingerprint density at radius 3 is 2.94 bits per heavy atom. The number of rotatable bonds is 4. The maximum absolute atomic E-state index is 12.0. The van der Waals surface area contributed by atoms with Gasteiger partial charge in [-0.3, -0.25) is 4.79 Å². The number of hydrogen-bond acceptors (Lipinski definition) is 2. The lowest BCUT2D eigenvalue weighted by atomic mass is 9.97. The van der Waals surface area contributed by atoms with Crippen molar-refractivity contribution in [3.63, 3.8) is 0 Å². The standard InChI is InChI=1S/C15H18OS/c1-12-6-5-9-14(10-12)17-11-15(16)13-7-3-2-4-8-13/h5-7,9-10H,2-4,8,11H2,1H3. The number of carbonyl (C=O) groups is 1. The molecule has 0 saturated carbocycles. The number of carbonyl (C=O) groups excluding carboxylic acids is 1. The molecule has 0 unspecified atom stereocenters. The largest absolute Gasteiger partial charge is 0.294 e. The molecule has 0 spiro atoms. The molecule has 1 nitrogen and oxygen atoms in total. The minimum Gasteiger partial charge on any atom is -0.294 e. The maximum atomic E-state index is 12.0. The third kappa shape index (κ3) is 3.74. The van der Waals surface area contributed by atoms with E-state index in [1.54, 1.807) is 11.8 Å². The Balaban J connectivity index is 1.89. The first-order chi connectivity index (χ1) is 8.25. The molecule has 1 aliphatic carbocycles. The van der Waals surface area contributed by atoms with Gasteiger partial charge in [0, 0.05) is 4.90 Å². The summed E-state index contributed by atoms with van der Waals surface area (Å²) in [6, 6.07) is 8.32. The molecule has 2 heteroatoms. The SMILES string of the molecule is Cc1cccc(SCC(=O)C2=CCCCC2)c1. The molecule has 0 saturated heterocycles. The van der Waals surface area contributed by atoms with E-state index in [1.807, 2.05) is 6.07 Å². The highest BCUT2D eigenvalue weighted by atomic mass is 32.2. The lowest BCUT2D eigenvalue weighted by Crippen LogP contribution is -2.08. The minimum atomic E-state index is 0.316. The van der Waals surface area contributed by atoms with Crippen molar-refractivity contribution < 1.29 is 4.79 Å². The zero-order valence-corrected chi connectivity index (χ0v) is 11.1. The molecule has 0 atom stereocenters. The number of hydrogen-bond donors (Lipinski definition) is 0. The average Bonchev–Trinajstić information content (AvgIpc) is 2.37. The van der Waals surface area contributed by atoms with Crippen molar-refractivity contribution in [2.75, 3.05) is 5.75 Å². The molecule has 0 fully saturated rings. The first-order valence-electron chi connectivity index (χ1n) is 6.17. The summed E-state index contributed by atoms with van der Waals surface area (Å²) in [5.74, 6) is 0.895. The zero-order valence-electron chi connectivity index (χ0n) is 10.2. The summed E-state index contributed by atoms with van der Waals surface area (Å²) in [4.78, 5) is 13.2. The van der Waals surface area contributed by atoms with Crippen LogP contribution in [0.1, 0.15) is 31.2 Å². The minimum absolute atomic E-state index is 0.316. The normalized spacial score (nSPS) is 15.5. The van der Waals surface area contributed by atoms with Crippen LogP contribution in [0, 0.1) is 6.92 Å². The average molecular weight is 246 g/mol. The molecule has 0 bridgehead atoms. The fourth-order valence-electron chi connectivity index (χ4n) is 2.04. The molecule has 17 heavy (non-hydrogen) atoms. The Kier molecular flexibility index (Phi) is 4.43. The molecule has 0 N–H and O–H groups in total. The molecule has 0 aliphatic heterocycles. The van der Waals surface area contributed by atoms with Crippen LogP contribution in [0.2, 0.25) is 0 Å². The van der Waals surface area contributed by atoms with Crippen LogP contribution in [-0.4, -0.2) is 11.5 Å². The molecule has 0 heterocycles. The Morgan fingerprint density at radius 2 is 2.24 bits per heavy atom. The smallest absolute Gasteiger partial charge is 0.168 e. The second kappa shape index (κ2) is 6.06. The van der Waals surface area contributed by atoms with Crippen LogP contribution in [0.25, 0.3) is 0 Å². The van der Waals surface area contributed by atoms with Crippen LogP contribution >= 0.6 is 11.8 Å². The Labute approximate surface area is 107 Å². The van der Waals surface area contributed by atoms with Crippen LogP contribution in [0.3, 0.4) is 0 Å². The van der Waals surface area contributed by atoms with E-state index < -0.39 is 0 Å². The highest BCUT2D eigenvalue weighted by molar-refractivity contribution is 8.00. The first-order valence-corrected chi connectivity index (χ1v) is 7.16.